The van der Waals surface area contributed by atoms with E-state index in [0.717, 1.165) is 17.3 Å². The third-order valence-electron chi connectivity index (χ3n) is 2.95. The van der Waals surface area contributed by atoms with E-state index >= 15 is 0 Å². The summed E-state index contributed by atoms with van der Waals surface area (Å²) in [7, 11) is 1.87. The molecule has 0 atom stereocenters. The molecule has 18 heavy (non-hydrogen) atoms. The number of carboxylic acids is 1. The Balaban J connectivity index is 2.29. The van der Waals surface area contributed by atoms with Crippen LogP contribution in [0.5, 0.6) is 0 Å². The normalized spacial score (nSPS) is 10.9. The molecule has 0 aliphatic carbocycles. The molecule has 0 fully saturated rings. The fourth-order valence-corrected chi connectivity index (χ4v) is 2.09. The average Bonchev–Trinajstić information content (AvgIpc) is 2.94. The van der Waals surface area contributed by atoms with Crippen molar-refractivity contribution in [2.24, 2.45) is 7.05 Å². The van der Waals surface area contributed by atoms with Crippen molar-refractivity contribution in [3.8, 4) is 11.5 Å². The smallest absolute Gasteiger partial charge is 0.358 e. The minimum Gasteiger partial charge on any atom is -0.476 e. The predicted octanol–water partition coefficient (Wildman–Crippen LogP) is 2.53. The molecule has 0 aliphatic heterocycles. The second kappa shape index (κ2) is 3.73. The van der Waals surface area contributed by atoms with Crippen molar-refractivity contribution in [2.45, 2.75) is 0 Å². The summed E-state index contributed by atoms with van der Waals surface area (Å²) in [6.45, 7) is 0. The highest BCUT2D eigenvalue weighted by Crippen LogP contribution is 2.29. The van der Waals surface area contributed by atoms with E-state index in [9.17, 15) is 4.79 Å². The molecule has 2 heterocycles. The lowest BCUT2D eigenvalue weighted by molar-refractivity contribution is 0.0691. The number of benzene rings is 1. The van der Waals surface area contributed by atoms with Gasteiger partial charge in [-0.1, -0.05) is 18.2 Å². The Kier molecular flexibility index (Phi) is 2.19. The van der Waals surface area contributed by atoms with Crippen LogP contribution in [0.15, 0.2) is 41.1 Å². The lowest BCUT2D eigenvalue weighted by atomic mass is 10.2. The molecule has 0 radical (unpaired) electrons. The van der Waals surface area contributed by atoms with E-state index in [1.807, 2.05) is 41.9 Å². The summed E-state index contributed by atoms with van der Waals surface area (Å²) in [5.74, 6) is -0.815. The fourth-order valence-electron chi connectivity index (χ4n) is 2.09. The third kappa shape index (κ3) is 1.41. The summed E-state index contributed by atoms with van der Waals surface area (Å²) >= 11 is 0. The van der Waals surface area contributed by atoms with Gasteiger partial charge in [0.2, 0.25) is 0 Å². The van der Waals surface area contributed by atoms with Crippen molar-refractivity contribution >= 4 is 16.9 Å². The molecule has 1 N–H and O–H groups in total. The van der Waals surface area contributed by atoms with Crippen LogP contribution in [-0.2, 0) is 7.05 Å². The number of oxazole rings is 1. The van der Waals surface area contributed by atoms with Crippen LogP contribution in [-0.4, -0.2) is 20.6 Å². The van der Waals surface area contributed by atoms with E-state index in [1.165, 1.54) is 0 Å². The number of aromatic carboxylic acids is 1. The standard InChI is InChI=1S/C13H10N2O3/c1-15-9-5-3-2-4-8(9)6-10(15)12-11(13(16)17)14-7-18-12/h2-7H,1H3,(H,16,17). The number of nitrogens with zero attached hydrogens (tertiary/aromatic N) is 2. The summed E-state index contributed by atoms with van der Waals surface area (Å²) in [4.78, 5) is 14.8. The van der Waals surface area contributed by atoms with Crippen LogP contribution in [0, 0.1) is 0 Å². The SMILES string of the molecule is Cn1c(-c2ocnc2C(=O)O)cc2ccccc21. The number of para-hydroxylation sites is 1. The van der Waals surface area contributed by atoms with Crippen LogP contribution in [0.25, 0.3) is 22.4 Å². The van der Waals surface area contributed by atoms with Crippen LogP contribution in [0.4, 0.5) is 0 Å². The Hall–Kier alpha value is -2.56. The Morgan fingerprint density at radius 1 is 1.39 bits per heavy atom. The summed E-state index contributed by atoms with van der Waals surface area (Å²) in [6.07, 6.45) is 1.15. The number of fused-ring (bicyclic) bond motifs is 1. The minimum atomic E-state index is -1.09. The molecular formula is C13H10N2O3. The van der Waals surface area contributed by atoms with Gasteiger partial charge in [0.25, 0.3) is 0 Å². The van der Waals surface area contributed by atoms with Gasteiger partial charge in [-0.25, -0.2) is 9.78 Å². The minimum absolute atomic E-state index is 0.0686. The molecule has 0 aliphatic rings. The molecule has 1 aromatic carbocycles. The van der Waals surface area contributed by atoms with E-state index in [4.69, 9.17) is 9.52 Å². The number of aromatic nitrogens is 2. The highest BCUT2D eigenvalue weighted by molar-refractivity contribution is 5.94. The maximum Gasteiger partial charge on any atom is 0.358 e. The van der Waals surface area contributed by atoms with Gasteiger partial charge in [0.15, 0.2) is 17.8 Å². The van der Waals surface area contributed by atoms with Crippen LogP contribution >= 0.6 is 0 Å². The molecule has 0 saturated carbocycles. The predicted molar refractivity (Wildman–Crippen MR) is 65.4 cm³/mol. The molecule has 90 valence electrons. The number of hydrogen-bond donors (Lipinski definition) is 1. The second-order valence-electron chi connectivity index (χ2n) is 3.98. The second-order valence-corrected chi connectivity index (χ2v) is 3.98. The zero-order chi connectivity index (χ0) is 12.7. The summed E-state index contributed by atoms with van der Waals surface area (Å²) in [5.41, 5.74) is 1.65. The molecule has 2 aromatic heterocycles. The number of carbonyl (C=O) groups is 1. The third-order valence-corrected chi connectivity index (χ3v) is 2.95. The topological polar surface area (TPSA) is 68.3 Å². The van der Waals surface area contributed by atoms with Gasteiger partial charge in [0.05, 0.1) is 5.69 Å². The van der Waals surface area contributed by atoms with E-state index in [-0.39, 0.29) is 11.5 Å². The van der Waals surface area contributed by atoms with Gasteiger partial charge in [0.1, 0.15) is 0 Å². The average molecular weight is 242 g/mol. The Labute approximate surface area is 102 Å². The van der Waals surface area contributed by atoms with Gasteiger partial charge in [-0.2, -0.15) is 0 Å². The van der Waals surface area contributed by atoms with E-state index < -0.39 is 5.97 Å². The Bertz CT molecular complexity index is 740. The molecular weight excluding hydrogens is 232 g/mol. The first-order chi connectivity index (χ1) is 8.68. The Morgan fingerprint density at radius 2 is 2.17 bits per heavy atom. The molecule has 3 aromatic rings. The molecule has 0 unspecified atom stereocenters. The van der Waals surface area contributed by atoms with Crippen molar-refractivity contribution in [3.05, 3.63) is 42.4 Å². The van der Waals surface area contributed by atoms with Crippen LogP contribution in [0.2, 0.25) is 0 Å². The maximum atomic E-state index is 11.1. The van der Waals surface area contributed by atoms with Gasteiger partial charge in [-0.05, 0) is 12.1 Å². The van der Waals surface area contributed by atoms with Gasteiger partial charge in [-0.15, -0.1) is 0 Å². The van der Waals surface area contributed by atoms with Crippen molar-refractivity contribution in [1.82, 2.24) is 9.55 Å². The van der Waals surface area contributed by atoms with E-state index in [0.29, 0.717) is 5.69 Å². The first-order valence-electron chi connectivity index (χ1n) is 5.40. The summed E-state index contributed by atoms with van der Waals surface area (Å²) in [6, 6.07) is 9.70. The molecule has 3 rings (SSSR count). The van der Waals surface area contributed by atoms with Gasteiger partial charge >= 0.3 is 5.97 Å². The lowest BCUT2D eigenvalue weighted by Gasteiger charge is -2.01. The summed E-state index contributed by atoms with van der Waals surface area (Å²) in [5, 5.41) is 10.1. The molecule has 0 saturated heterocycles. The zero-order valence-electron chi connectivity index (χ0n) is 9.62. The highest BCUT2D eigenvalue weighted by Gasteiger charge is 2.20. The maximum absolute atomic E-state index is 11.1. The van der Waals surface area contributed by atoms with Gasteiger partial charge in [-0.3, -0.25) is 0 Å². The summed E-state index contributed by atoms with van der Waals surface area (Å²) < 4.78 is 7.10. The zero-order valence-corrected chi connectivity index (χ0v) is 9.62. The fraction of sp³-hybridized carbons (Fsp3) is 0.0769. The highest BCUT2D eigenvalue weighted by atomic mass is 16.4. The van der Waals surface area contributed by atoms with Crippen molar-refractivity contribution < 1.29 is 14.3 Å². The van der Waals surface area contributed by atoms with Crippen LogP contribution in [0.1, 0.15) is 10.5 Å². The first-order valence-corrected chi connectivity index (χ1v) is 5.40. The van der Waals surface area contributed by atoms with Crippen molar-refractivity contribution in [1.29, 1.82) is 0 Å². The molecule has 5 nitrogen and oxygen atoms in total. The number of carboxylic acid groups (broad SMARTS) is 1. The molecule has 5 heteroatoms. The van der Waals surface area contributed by atoms with Gasteiger partial charge < -0.3 is 14.1 Å². The molecule has 0 amide bonds. The van der Waals surface area contributed by atoms with Crippen molar-refractivity contribution in [2.75, 3.05) is 0 Å². The monoisotopic (exact) mass is 242 g/mol. The Morgan fingerprint density at radius 3 is 2.89 bits per heavy atom. The van der Waals surface area contributed by atoms with Gasteiger partial charge in [0, 0.05) is 18.0 Å². The number of hydrogen-bond acceptors (Lipinski definition) is 3. The quantitative estimate of drug-likeness (QED) is 0.749. The van der Waals surface area contributed by atoms with E-state index in [1.54, 1.807) is 0 Å². The van der Waals surface area contributed by atoms with Crippen LogP contribution in [0.3, 0.4) is 0 Å². The number of rotatable bonds is 2. The molecule has 0 spiro atoms. The number of aryl methyl sites for hydroxylation is 1. The van der Waals surface area contributed by atoms with Crippen molar-refractivity contribution in [3.63, 3.8) is 0 Å². The first kappa shape index (κ1) is 10.6. The van der Waals surface area contributed by atoms with E-state index in [2.05, 4.69) is 4.98 Å². The van der Waals surface area contributed by atoms with Crippen LogP contribution < -0.4 is 0 Å². The largest absolute Gasteiger partial charge is 0.476 e. The lowest BCUT2D eigenvalue weighted by Crippen LogP contribution is -2.00. The molecule has 0 bridgehead atoms.